The van der Waals surface area contributed by atoms with Gasteiger partial charge in [-0.2, -0.15) is 0 Å². The number of aromatic carboxylic acids is 1. The molecular formula is C12H12O4. The Morgan fingerprint density at radius 3 is 2.94 bits per heavy atom. The lowest BCUT2D eigenvalue weighted by molar-refractivity contribution is 0.0665. The van der Waals surface area contributed by atoms with Gasteiger partial charge >= 0.3 is 5.97 Å². The molecule has 1 heterocycles. The van der Waals surface area contributed by atoms with Crippen LogP contribution in [0.3, 0.4) is 0 Å². The Kier molecular flexibility index (Phi) is 2.81. The smallest absolute Gasteiger partial charge is 0.371 e. The van der Waals surface area contributed by atoms with Gasteiger partial charge in [0.1, 0.15) is 11.3 Å². The summed E-state index contributed by atoms with van der Waals surface area (Å²) in [5.41, 5.74) is 0.557. The van der Waals surface area contributed by atoms with E-state index in [2.05, 4.69) is 0 Å². The summed E-state index contributed by atoms with van der Waals surface area (Å²) in [6.07, 6.45) is 0.934. The number of ether oxygens (including phenoxy) is 1. The van der Waals surface area contributed by atoms with Gasteiger partial charge in [0.2, 0.25) is 5.76 Å². The Morgan fingerprint density at radius 2 is 2.25 bits per heavy atom. The molecule has 1 aromatic carbocycles. The zero-order valence-corrected chi connectivity index (χ0v) is 8.90. The van der Waals surface area contributed by atoms with E-state index in [4.69, 9.17) is 14.3 Å². The molecule has 0 aliphatic carbocycles. The lowest BCUT2D eigenvalue weighted by Crippen LogP contribution is -1.93. The highest BCUT2D eigenvalue weighted by Gasteiger charge is 2.10. The summed E-state index contributed by atoms with van der Waals surface area (Å²) in [4.78, 5) is 10.7. The number of furan rings is 1. The van der Waals surface area contributed by atoms with Crippen molar-refractivity contribution >= 4 is 16.9 Å². The standard InChI is InChI=1S/C12H12O4/c1-2-5-15-9-3-4-10-8(6-9)7-11(16-10)12(13)14/h3-4,6-7H,2,5H2,1H3,(H,13,14). The Morgan fingerprint density at radius 1 is 1.44 bits per heavy atom. The van der Waals surface area contributed by atoms with E-state index in [9.17, 15) is 4.79 Å². The van der Waals surface area contributed by atoms with E-state index in [1.807, 2.05) is 6.92 Å². The summed E-state index contributed by atoms with van der Waals surface area (Å²) in [5, 5.41) is 9.51. The first-order valence-corrected chi connectivity index (χ1v) is 5.10. The molecule has 0 saturated carbocycles. The third-order valence-corrected chi connectivity index (χ3v) is 2.17. The van der Waals surface area contributed by atoms with E-state index in [1.165, 1.54) is 6.07 Å². The summed E-state index contributed by atoms with van der Waals surface area (Å²) >= 11 is 0. The fraction of sp³-hybridized carbons (Fsp3) is 0.250. The van der Waals surface area contributed by atoms with Crippen LogP contribution >= 0.6 is 0 Å². The van der Waals surface area contributed by atoms with Crippen molar-refractivity contribution in [3.05, 3.63) is 30.0 Å². The Labute approximate surface area is 92.4 Å². The molecule has 0 saturated heterocycles. The van der Waals surface area contributed by atoms with Crippen LogP contribution in [0.5, 0.6) is 5.75 Å². The van der Waals surface area contributed by atoms with Crippen molar-refractivity contribution in [1.82, 2.24) is 0 Å². The molecule has 0 radical (unpaired) electrons. The second-order valence-corrected chi connectivity index (χ2v) is 3.46. The molecule has 84 valence electrons. The minimum atomic E-state index is -1.06. The van der Waals surface area contributed by atoms with Crippen molar-refractivity contribution in [2.75, 3.05) is 6.61 Å². The van der Waals surface area contributed by atoms with Crippen LogP contribution in [0.25, 0.3) is 11.0 Å². The van der Waals surface area contributed by atoms with Gasteiger partial charge in [0, 0.05) is 5.39 Å². The molecule has 2 rings (SSSR count). The number of hydrogen-bond acceptors (Lipinski definition) is 3. The van der Waals surface area contributed by atoms with Gasteiger partial charge < -0.3 is 14.3 Å². The van der Waals surface area contributed by atoms with E-state index in [0.29, 0.717) is 12.2 Å². The molecule has 0 spiro atoms. The van der Waals surface area contributed by atoms with Gasteiger partial charge in [0.15, 0.2) is 0 Å². The average Bonchev–Trinajstić information content (AvgIpc) is 2.69. The fourth-order valence-corrected chi connectivity index (χ4v) is 1.44. The maximum atomic E-state index is 10.7. The van der Waals surface area contributed by atoms with Crippen molar-refractivity contribution < 1.29 is 19.1 Å². The van der Waals surface area contributed by atoms with E-state index < -0.39 is 5.97 Å². The third-order valence-electron chi connectivity index (χ3n) is 2.17. The molecule has 0 bridgehead atoms. The quantitative estimate of drug-likeness (QED) is 0.860. The Balaban J connectivity index is 2.34. The number of benzene rings is 1. The van der Waals surface area contributed by atoms with Gasteiger partial charge in [-0.1, -0.05) is 6.92 Å². The first-order chi connectivity index (χ1) is 7.70. The highest BCUT2D eigenvalue weighted by atomic mass is 16.5. The third kappa shape index (κ3) is 2.00. The van der Waals surface area contributed by atoms with Crippen LogP contribution in [0.15, 0.2) is 28.7 Å². The van der Waals surface area contributed by atoms with Crippen molar-refractivity contribution in [1.29, 1.82) is 0 Å². The van der Waals surface area contributed by atoms with E-state index in [1.54, 1.807) is 18.2 Å². The minimum Gasteiger partial charge on any atom is -0.494 e. The molecule has 4 nitrogen and oxygen atoms in total. The molecule has 4 heteroatoms. The maximum Gasteiger partial charge on any atom is 0.371 e. The van der Waals surface area contributed by atoms with Gasteiger partial charge in [-0.15, -0.1) is 0 Å². The zero-order valence-electron chi connectivity index (χ0n) is 8.90. The molecule has 1 aromatic heterocycles. The number of rotatable bonds is 4. The molecule has 0 fully saturated rings. The molecule has 0 unspecified atom stereocenters. The maximum absolute atomic E-state index is 10.7. The van der Waals surface area contributed by atoms with Crippen LogP contribution in [0, 0.1) is 0 Å². The Hall–Kier alpha value is -1.97. The van der Waals surface area contributed by atoms with E-state index in [-0.39, 0.29) is 5.76 Å². The summed E-state index contributed by atoms with van der Waals surface area (Å²) in [5.74, 6) is -0.387. The van der Waals surface area contributed by atoms with Crippen LogP contribution in [0.1, 0.15) is 23.9 Å². The van der Waals surface area contributed by atoms with Gasteiger partial charge in [-0.3, -0.25) is 0 Å². The fourth-order valence-electron chi connectivity index (χ4n) is 1.44. The van der Waals surface area contributed by atoms with E-state index >= 15 is 0 Å². The van der Waals surface area contributed by atoms with E-state index in [0.717, 1.165) is 17.6 Å². The summed E-state index contributed by atoms with van der Waals surface area (Å²) in [6, 6.07) is 6.76. The van der Waals surface area contributed by atoms with Crippen molar-refractivity contribution in [3.8, 4) is 5.75 Å². The second kappa shape index (κ2) is 4.26. The van der Waals surface area contributed by atoms with Gasteiger partial charge in [-0.05, 0) is 30.7 Å². The van der Waals surface area contributed by atoms with Crippen LogP contribution in [-0.2, 0) is 0 Å². The molecule has 0 atom stereocenters. The molecule has 0 aliphatic rings. The van der Waals surface area contributed by atoms with Crippen LogP contribution < -0.4 is 4.74 Å². The predicted octanol–water partition coefficient (Wildman–Crippen LogP) is 2.92. The molecule has 0 aliphatic heterocycles. The summed E-state index contributed by atoms with van der Waals surface area (Å²) in [6.45, 7) is 2.67. The molecular weight excluding hydrogens is 208 g/mol. The van der Waals surface area contributed by atoms with Crippen molar-refractivity contribution in [2.24, 2.45) is 0 Å². The number of carboxylic acids is 1. The van der Waals surface area contributed by atoms with Gasteiger partial charge in [0.25, 0.3) is 0 Å². The Bertz CT molecular complexity index is 513. The molecule has 16 heavy (non-hydrogen) atoms. The highest BCUT2D eigenvalue weighted by Crippen LogP contribution is 2.24. The number of fused-ring (bicyclic) bond motifs is 1. The highest BCUT2D eigenvalue weighted by molar-refractivity contribution is 5.91. The van der Waals surface area contributed by atoms with Crippen molar-refractivity contribution in [2.45, 2.75) is 13.3 Å². The minimum absolute atomic E-state index is 0.0531. The van der Waals surface area contributed by atoms with Crippen molar-refractivity contribution in [3.63, 3.8) is 0 Å². The normalized spacial score (nSPS) is 10.6. The zero-order chi connectivity index (χ0) is 11.5. The topological polar surface area (TPSA) is 59.7 Å². The number of carboxylic acid groups (broad SMARTS) is 1. The van der Waals surface area contributed by atoms with Crippen LogP contribution in [0.4, 0.5) is 0 Å². The number of carbonyl (C=O) groups is 1. The second-order valence-electron chi connectivity index (χ2n) is 3.46. The molecule has 1 N–H and O–H groups in total. The van der Waals surface area contributed by atoms with Gasteiger partial charge in [-0.25, -0.2) is 4.79 Å². The lowest BCUT2D eigenvalue weighted by Gasteiger charge is -2.02. The monoisotopic (exact) mass is 220 g/mol. The SMILES string of the molecule is CCCOc1ccc2oc(C(=O)O)cc2c1. The number of hydrogen-bond donors (Lipinski definition) is 1. The first kappa shape index (κ1) is 10.5. The first-order valence-electron chi connectivity index (χ1n) is 5.10. The largest absolute Gasteiger partial charge is 0.494 e. The molecule has 0 amide bonds. The lowest BCUT2D eigenvalue weighted by atomic mass is 10.2. The van der Waals surface area contributed by atoms with Crippen LogP contribution in [0.2, 0.25) is 0 Å². The summed E-state index contributed by atoms with van der Waals surface area (Å²) < 4.78 is 10.6. The average molecular weight is 220 g/mol. The van der Waals surface area contributed by atoms with Gasteiger partial charge in [0.05, 0.1) is 6.61 Å². The molecule has 2 aromatic rings. The van der Waals surface area contributed by atoms with Crippen LogP contribution in [-0.4, -0.2) is 17.7 Å². The summed E-state index contributed by atoms with van der Waals surface area (Å²) in [7, 11) is 0. The predicted molar refractivity (Wildman–Crippen MR) is 59.0 cm³/mol.